The zero-order valence-corrected chi connectivity index (χ0v) is 11.3. The molecule has 0 radical (unpaired) electrons. The lowest BCUT2D eigenvalue weighted by Crippen LogP contribution is -2.00. The molecule has 0 saturated heterocycles. The molecule has 0 saturated carbocycles. The molecule has 0 fully saturated rings. The molecule has 0 atom stereocenters. The molecular weight excluding hydrogens is 266 g/mol. The topological polar surface area (TPSA) is 69.6 Å². The quantitative estimate of drug-likeness (QED) is 0.796. The number of rotatable bonds is 3. The molecule has 0 unspecified atom stereocenters. The van der Waals surface area contributed by atoms with Crippen LogP contribution < -0.4 is 5.73 Å². The van der Waals surface area contributed by atoms with Crippen LogP contribution in [0.25, 0.3) is 10.7 Å². The first-order valence-electron chi connectivity index (χ1n) is 5.36. The number of thiophene rings is 1. The van der Waals surface area contributed by atoms with Crippen molar-refractivity contribution in [2.75, 3.05) is 5.73 Å². The normalized spacial score (nSPS) is 10.9. The van der Waals surface area contributed by atoms with E-state index in [-0.39, 0.29) is 0 Å². The van der Waals surface area contributed by atoms with Gasteiger partial charge in [-0.1, -0.05) is 6.07 Å². The fourth-order valence-electron chi connectivity index (χ4n) is 1.65. The van der Waals surface area contributed by atoms with Gasteiger partial charge in [-0.25, -0.2) is 9.97 Å². The molecule has 0 aliphatic carbocycles. The molecule has 0 amide bonds. The Morgan fingerprint density at radius 2 is 2.22 bits per heavy atom. The molecule has 2 N–H and O–H groups in total. The molecule has 0 spiro atoms. The third kappa shape index (κ3) is 2.14. The molecule has 18 heavy (non-hydrogen) atoms. The third-order valence-electron chi connectivity index (χ3n) is 2.50. The van der Waals surface area contributed by atoms with Crippen molar-refractivity contribution in [1.82, 2.24) is 19.7 Å². The van der Waals surface area contributed by atoms with E-state index >= 15 is 0 Å². The standard InChI is InChI=1S/C11H11N5S2/c1-16-9(5-7-6-18-11(12)13-7)14-10(15-16)8-3-2-4-17-8/h2-4,6H,5H2,1H3,(H2,12,13). The molecule has 3 aromatic heterocycles. The molecule has 3 heterocycles. The number of aryl methyl sites for hydroxylation is 1. The fraction of sp³-hybridized carbons (Fsp3) is 0.182. The van der Waals surface area contributed by atoms with Gasteiger partial charge in [0.25, 0.3) is 0 Å². The lowest BCUT2D eigenvalue weighted by atomic mass is 10.3. The van der Waals surface area contributed by atoms with E-state index in [1.165, 1.54) is 11.3 Å². The molecule has 3 rings (SSSR count). The highest BCUT2D eigenvalue weighted by atomic mass is 32.1. The predicted octanol–water partition coefficient (Wildman–Crippen LogP) is 2.17. The van der Waals surface area contributed by atoms with Crippen molar-refractivity contribution in [3.8, 4) is 10.7 Å². The summed E-state index contributed by atoms with van der Waals surface area (Å²) in [6.45, 7) is 0. The van der Waals surface area contributed by atoms with Gasteiger partial charge in [0.15, 0.2) is 11.0 Å². The van der Waals surface area contributed by atoms with Gasteiger partial charge < -0.3 is 5.73 Å². The van der Waals surface area contributed by atoms with Gasteiger partial charge in [-0.05, 0) is 11.4 Å². The summed E-state index contributed by atoms with van der Waals surface area (Å²) in [4.78, 5) is 9.86. The molecule has 7 heteroatoms. The number of hydrogen-bond donors (Lipinski definition) is 1. The minimum absolute atomic E-state index is 0.589. The van der Waals surface area contributed by atoms with Gasteiger partial charge in [-0.2, -0.15) is 5.10 Å². The lowest BCUT2D eigenvalue weighted by Gasteiger charge is -1.95. The highest BCUT2D eigenvalue weighted by Crippen LogP contribution is 2.22. The van der Waals surface area contributed by atoms with Gasteiger partial charge in [0, 0.05) is 12.4 Å². The zero-order chi connectivity index (χ0) is 12.5. The third-order valence-corrected chi connectivity index (χ3v) is 4.09. The summed E-state index contributed by atoms with van der Waals surface area (Å²) < 4.78 is 1.80. The monoisotopic (exact) mass is 277 g/mol. The van der Waals surface area contributed by atoms with Crippen LogP contribution in [0.1, 0.15) is 11.5 Å². The first kappa shape index (κ1) is 11.4. The Morgan fingerprint density at radius 1 is 1.33 bits per heavy atom. The second-order valence-electron chi connectivity index (χ2n) is 3.81. The van der Waals surface area contributed by atoms with Crippen LogP contribution in [0.2, 0.25) is 0 Å². The molecule has 5 nitrogen and oxygen atoms in total. The van der Waals surface area contributed by atoms with Crippen LogP contribution in [-0.2, 0) is 13.5 Å². The van der Waals surface area contributed by atoms with E-state index < -0.39 is 0 Å². The number of hydrogen-bond acceptors (Lipinski definition) is 6. The maximum Gasteiger partial charge on any atom is 0.191 e. The minimum Gasteiger partial charge on any atom is -0.375 e. The van der Waals surface area contributed by atoms with E-state index in [1.54, 1.807) is 16.0 Å². The van der Waals surface area contributed by atoms with Gasteiger partial charge in [0.05, 0.1) is 17.0 Å². The Bertz CT molecular complexity index is 653. The summed E-state index contributed by atoms with van der Waals surface area (Å²) in [6, 6.07) is 4.02. The van der Waals surface area contributed by atoms with Gasteiger partial charge in [-0.3, -0.25) is 4.68 Å². The largest absolute Gasteiger partial charge is 0.375 e. The Labute approximate surface area is 112 Å². The van der Waals surface area contributed by atoms with Gasteiger partial charge in [-0.15, -0.1) is 22.7 Å². The number of thiazole rings is 1. The van der Waals surface area contributed by atoms with Crippen molar-refractivity contribution in [3.05, 3.63) is 34.4 Å². The highest BCUT2D eigenvalue weighted by Gasteiger charge is 2.11. The second kappa shape index (κ2) is 4.51. The van der Waals surface area contributed by atoms with Crippen LogP contribution in [0.15, 0.2) is 22.9 Å². The maximum absolute atomic E-state index is 5.62. The SMILES string of the molecule is Cn1nc(-c2cccs2)nc1Cc1csc(N)n1. The van der Waals surface area contributed by atoms with Crippen LogP contribution in [-0.4, -0.2) is 19.7 Å². The molecule has 0 bridgehead atoms. The van der Waals surface area contributed by atoms with E-state index in [2.05, 4.69) is 15.1 Å². The number of nitrogen functional groups attached to an aromatic ring is 1. The average Bonchev–Trinajstić information content (AvgIpc) is 3.02. The van der Waals surface area contributed by atoms with E-state index in [0.717, 1.165) is 22.2 Å². The highest BCUT2D eigenvalue weighted by molar-refractivity contribution is 7.13. The summed E-state index contributed by atoms with van der Waals surface area (Å²) in [7, 11) is 1.90. The Kier molecular flexibility index (Phi) is 2.85. The zero-order valence-electron chi connectivity index (χ0n) is 9.70. The van der Waals surface area contributed by atoms with Crippen LogP contribution in [0.3, 0.4) is 0 Å². The summed E-state index contributed by atoms with van der Waals surface area (Å²) >= 11 is 3.08. The predicted molar refractivity (Wildman–Crippen MR) is 73.6 cm³/mol. The summed E-state index contributed by atoms with van der Waals surface area (Å²) in [5, 5.41) is 8.98. The second-order valence-corrected chi connectivity index (χ2v) is 5.64. The van der Waals surface area contributed by atoms with Crippen LogP contribution in [0.5, 0.6) is 0 Å². The minimum atomic E-state index is 0.589. The van der Waals surface area contributed by atoms with Crippen LogP contribution in [0, 0.1) is 0 Å². The molecule has 0 aromatic carbocycles. The van der Waals surface area contributed by atoms with E-state index in [1.807, 2.05) is 29.9 Å². The van der Waals surface area contributed by atoms with E-state index in [9.17, 15) is 0 Å². The Hall–Kier alpha value is -1.73. The average molecular weight is 277 g/mol. The van der Waals surface area contributed by atoms with Crippen molar-refractivity contribution in [2.45, 2.75) is 6.42 Å². The first-order chi connectivity index (χ1) is 8.72. The summed E-state index contributed by atoms with van der Waals surface area (Å²) in [6.07, 6.45) is 0.655. The molecule has 0 aliphatic heterocycles. The fourth-order valence-corrected chi connectivity index (χ4v) is 2.86. The summed E-state index contributed by atoms with van der Waals surface area (Å²) in [5.74, 6) is 1.66. The smallest absolute Gasteiger partial charge is 0.191 e. The Balaban J connectivity index is 1.89. The van der Waals surface area contributed by atoms with Gasteiger partial charge >= 0.3 is 0 Å². The number of aromatic nitrogens is 4. The van der Waals surface area contributed by atoms with E-state index in [4.69, 9.17) is 5.73 Å². The van der Waals surface area contributed by atoms with Gasteiger partial charge in [0.1, 0.15) is 5.82 Å². The molecule has 0 aliphatic rings. The Morgan fingerprint density at radius 3 is 2.89 bits per heavy atom. The van der Waals surface area contributed by atoms with Crippen molar-refractivity contribution >= 4 is 27.8 Å². The van der Waals surface area contributed by atoms with Gasteiger partial charge in [0.2, 0.25) is 0 Å². The van der Waals surface area contributed by atoms with Crippen LogP contribution in [0.4, 0.5) is 5.13 Å². The van der Waals surface area contributed by atoms with Crippen molar-refractivity contribution in [2.24, 2.45) is 7.05 Å². The number of nitrogens with two attached hydrogens (primary N) is 1. The molecular formula is C11H11N5S2. The number of anilines is 1. The van der Waals surface area contributed by atoms with Crippen molar-refractivity contribution in [1.29, 1.82) is 0 Å². The maximum atomic E-state index is 5.62. The van der Waals surface area contributed by atoms with Crippen LogP contribution >= 0.6 is 22.7 Å². The summed E-state index contributed by atoms with van der Waals surface area (Å²) in [5.41, 5.74) is 6.55. The lowest BCUT2D eigenvalue weighted by molar-refractivity contribution is 0.715. The van der Waals surface area contributed by atoms with E-state index in [0.29, 0.717) is 11.6 Å². The number of nitrogens with zero attached hydrogens (tertiary/aromatic N) is 4. The van der Waals surface area contributed by atoms with Crippen molar-refractivity contribution in [3.63, 3.8) is 0 Å². The molecule has 3 aromatic rings. The first-order valence-corrected chi connectivity index (χ1v) is 7.12. The van der Waals surface area contributed by atoms with Crippen molar-refractivity contribution < 1.29 is 0 Å². The molecule has 92 valence electrons.